The molecule has 89 heavy (non-hydrogen) atoms. The highest BCUT2D eigenvalue weighted by molar-refractivity contribution is 9.09. The second kappa shape index (κ2) is 36.6. The SMILES string of the molecule is CN(C/C=C/C(=O)Nc1ccc(CN2CCC(Nc3ncc(Cl)c(-c4c[nH]c5ccccc45)n3)CC2)cc1)CC(O)CO.CNCC(O)CO.ClNc1ccc(CN2CCC(Nc3ncc(Cl)c(-c4c[nH]c5ccccc45)n3)CC2)cc1.O=C(O)/C=C/CBr. The van der Waals surface area contributed by atoms with Crippen LogP contribution >= 0.6 is 50.9 Å². The third-order valence-electron chi connectivity index (χ3n) is 14.5. The number of carbonyl (C=O) groups is 2. The van der Waals surface area contributed by atoms with Gasteiger partial charge in [0, 0.05) is 157 Å². The summed E-state index contributed by atoms with van der Waals surface area (Å²) in [6, 6.07) is 33.0. The molecule has 4 aromatic carbocycles. The molecule has 2 unspecified atom stereocenters. The fourth-order valence-electron chi connectivity index (χ4n) is 9.97. The van der Waals surface area contributed by atoms with E-state index in [1.165, 1.54) is 23.3 Å². The number of rotatable bonds is 23. The highest BCUT2D eigenvalue weighted by atomic mass is 79.9. The molecule has 474 valence electrons. The molecule has 2 atom stereocenters. The Morgan fingerprint density at radius 1 is 0.697 bits per heavy atom. The van der Waals surface area contributed by atoms with Crippen molar-refractivity contribution in [3.63, 3.8) is 0 Å². The molecule has 1 amide bonds. The number of alkyl halides is 1. The topological polar surface area (TPSA) is 288 Å². The third kappa shape index (κ3) is 22.5. The van der Waals surface area contributed by atoms with Crippen LogP contribution in [0, 0.1) is 0 Å². The summed E-state index contributed by atoms with van der Waals surface area (Å²) < 4.78 is 0. The summed E-state index contributed by atoms with van der Waals surface area (Å²) >= 11 is 21.6. The normalized spacial score (nSPS) is 14.8. The van der Waals surface area contributed by atoms with E-state index < -0.39 is 18.2 Å². The summed E-state index contributed by atoms with van der Waals surface area (Å²) in [5.41, 5.74) is 9.63. The number of likely N-dealkylation sites (N-methyl/N-ethyl adjacent to an activating group) is 2. The average Bonchev–Trinajstić information content (AvgIpc) is 2.39. The molecule has 0 saturated carbocycles. The number of aromatic amines is 2. The molecule has 0 radical (unpaired) electrons. The Bertz CT molecular complexity index is 3510. The molecule has 2 fully saturated rings. The van der Waals surface area contributed by atoms with E-state index in [2.05, 4.69) is 96.0 Å². The number of hydrogen-bond donors (Lipinski definition) is 12. The minimum absolute atomic E-state index is 0.166. The number of anilines is 4. The van der Waals surface area contributed by atoms with Crippen molar-refractivity contribution in [1.29, 1.82) is 0 Å². The second-order valence-corrected chi connectivity index (χ2v) is 23.0. The molecule has 4 aromatic heterocycles. The van der Waals surface area contributed by atoms with E-state index >= 15 is 0 Å². The quantitative estimate of drug-likeness (QED) is 0.0161. The molecule has 10 rings (SSSR count). The molecular formula is C64H78BrCl3N14O7. The number of benzene rings is 4. The van der Waals surface area contributed by atoms with Crippen molar-refractivity contribution in [2.24, 2.45) is 0 Å². The number of likely N-dealkylation sites (tertiary alicyclic amines) is 2. The van der Waals surface area contributed by atoms with Gasteiger partial charge in [0.25, 0.3) is 0 Å². The lowest BCUT2D eigenvalue weighted by Crippen LogP contribution is -2.39. The standard InChI is InChI=1S/C32H38ClN7O3.C24H24Cl2N6.C4H5BrO2.C4H11NO2/c1-39(20-25(42)21-41)14-4-7-30(43)36-23-10-8-22(9-11-23)19-40-15-12-24(13-16-40)37-32-35-18-28(33)31(38-32)27-17-34-29-6-3-2-5-26(27)29;25-21-14-28-24(30-23(21)20-13-27-22-4-2-1-3-19(20)22)29-17-9-11-32(12-10-17)15-16-5-7-18(31-26)8-6-16;5-3-1-2-4(6)7;1-5-2-4(7)3-6/h2-11,17-18,24-25,34,41-42H,12-16,19-21H2,1H3,(H,36,43)(H,35,37,38);1-8,13-14,17,27,31H,9-12,15H2,(H,28,29,30);1-2H,3H2,(H,6,7);4-7H,2-3H2,1H3/b7-4+;;2-1+;. The third-order valence-corrected chi connectivity index (χ3v) is 15.7. The summed E-state index contributed by atoms with van der Waals surface area (Å²) in [6.07, 6.45) is 15.7. The largest absolute Gasteiger partial charge is 0.478 e. The smallest absolute Gasteiger partial charge is 0.328 e. The van der Waals surface area contributed by atoms with Crippen LogP contribution in [-0.2, 0) is 22.7 Å². The predicted molar refractivity (Wildman–Crippen MR) is 361 cm³/mol. The molecule has 12 N–H and O–H groups in total. The lowest BCUT2D eigenvalue weighted by atomic mass is 10.0. The number of nitrogens with one attached hydrogen (secondary N) is 7. The molecule has 8 aromatic rings. The Hall–Kier alpha value is -7.03. The molecule has 0 spiro atoms. The van der Waals surface area contributed by atoms with Crippen LogP contribution in [0.4, 0.5) is 23.3 Å². The molecule has 2 saturated heterocycles. The number of H-pyrrole nitrogens is 2. The van der Waals surface area contributed by atoms with Gasteiger partial charge in [-0.05, 0) is 87.3 Å². The Morgan fingerprint density at radius 3 is 1.58 bits per heavy atom. The van der Waals surface area contributed by atoms with Crippen molar-refractivity contribution in [1.82, 2.24) is 49.9 Å². The van der Waals surface area contributed by atoms with E-state index in [1.54, 1.807) is 25.5 Å². The molecule has 25 heteroatoms. The molecule has 6 heterocycles. The number of aromatic nitrogens is 6. The van der Waals surface area contributed by atoms with Crippen LogP contribution in [0.3, 0.4) is 0 Å². The number of para-hydroxylation sites is 2. The first-order valence-corrected chi connectivity index (χ1v) is 31.4. The number of piperidine rings is 2. The van der Waals surface area contributed by atoms with Gasteiger partial charge in [0.15, 0.2) is 0 Å². The Kier molecular flexibility index (Phi) is 28.5. The first-order valence-electron chi connectivity index (χ1n) is 29.2. The van der Waals surface area contributed by atoms with Crippen LogP contribution in [0.25, 0.3) is 44.3 Å². The van der Waals surface area contributed by atoms with Crippen molar-refractivity contribution in [2.75, 3.05) is 99.2 Å². The second-order valence-electron chi connectivity index (χ2n) is 21.4. The maximum atomic E-state index is 12.2. The number of allylic oxidation sites excluding steroid dienone is 1. The Morgan fingerprint density at radius 2 is 1.17 bits per heavy atom. The zero-order chi connectivity index (χ0) is 63.5. The summed E-state index contributed by atoms with van der Waals surface area (Å²) in [7, 11) is 3.54. The van der Waals surface area contributed by atoms with Crippen LogP contribution < -0.4 is 26.1 Å². The number of amides is 1. The van der Waals surface area contributed by atoms with Gasteiger partial charge in [-0.2, -0.15) is 0 Å². The number of carboxylic acids is 1. The zero-order valence-corrected chi connectivity index (χ0v) is 53.5. The molecule has 21 nitrogen and oxygen atoms in total. The van der Waals surface area contributed by atoms with Gasteiger partial charge in [-0.25, -0.2) is 24.7 Å². The van der Waals surface area contributed by atoms with Gasteiger partial charge in [-0.1, -0.05) is 112 Å². The van der Waals surface area contributed by atoms with Crippen LogP contribution in [0.2, 0.25) is 10.0 Å². The number of carboxylic acid groups (broad SMARTS) is 1. The summed E-state index contributed by atoms with van der Waals surface area (Å²) in [5.74, 6) is 0.0940. The van der Waals surface area contributed by atoms with Crippen LogP contribution in [0.1, 0.15) is 36.8 Å². The van der Waals surface area contributed by atoms with E-state index in [9.17, 15) is 14.7 Å². The van der Waals surface area contributed by atoms with E-state index in [-0.39, 0.29) is 25.2 Å². The number of aliphatic carboxylic acids is 1. The number of fused-ring (bicyclic) bond motifs is 2. The summed E-state index contributed by atoms with van der Waals surface area (Å²) in [4.78, 5) is 56.2. The van der Waals surface area contributed by atoms with Crippen LogP contribution in [0.5, 0.6) is 0 Å². The highest BCUT2D eigenvalue weighted by Gasteiger charge is 2.23. The minimum atomic E-state index is -0.903. The van der Waals surface area contributed by atoms with Gasteiger partial charge in [-0.15, -0.1) is 0 Å². The Balaban J connectivity index is 0.000000214. The molecule has 2 aliphatic rings. The first kappa shape index (κ1) is 69.4. The van der Waals surface area contributed by atoms with E-state index in [1.807, 2.05) is 97.1 Å². The van der Waals surface area contributed by atoms with Crippen LogP contribution in [-0.4, -0.2) is 185 Å². The lowest BCUT2D eigenvalue weighted by Gasteiger charge is -2.32. The van der Waals surface area contributed by atoms with Crippen molar-refractivity contribution < 1.29 is 35.1 Å². The van der Waals surface area contributed by atoms with Crippen molar-refractivity contribution in [3.8, 4) is 22.5 Å². The maximum absolute atomic E-state index is 12.2. The highest BCUT2D eigenvalue weighted by Crippen LogP contribution is 2.34. The van der Waals surface area contributed by atoms with Gasteiger partial charge in [0.05, 0.1) is 59.2 Å². The summed E-state index contributed by atoms with van der Waals surface area (Å²) in [5, 5.41) is 59.5. The van der Waals surface area contributed by atoms with E-state index in [4.69, 9.17) is 65.4 Å². The van der Waals surface area contributed by atoms with Crippen molar-refractivity contribution >= 4 is 108 Å². The number of halogens is 4. The van der Waals surface area contributed by atoms with Gasteiger partial charge in [0.2, 0.25) is 17.8 Å². The number of aliphatic hydroxyl groups excluding tert-OH is 4. The molecule has 2 aliphatic heterocycles. The van der Waals surface area contributed by atoms with E-state index in [0.717, 1.165) is 121 Å². The zero-order valence-electron chi connectivity index (χ0n) is 49.7. The fourth-order valence-corrected chi connectivity index (χ4v) is 10.7. The predicted octanol–water partition coefficient (Wildman–Crippen LogP) is 9.64. The first-order chi connectivity index (χ1) is 43.1. The molecule has 0 bridgehead atoms. The van der Waals surface area contributed by atoms with E-state index in [0.29, 0.717) is 58.6 Å². The molecular weight excluding hydrogens is 1260 g/mol. The van der Waals surface area contributed by atoms with Crippen molar-refractivity contribution in [3.05, 3.63) is 167 Å². The van der Waals surface area contributed by atoms with Crippen LogP contribution in [0.15, 0.2) is 146 Å². The maximum Gasteiger partial charge on any atom is 0.328 e. The average molecular weight is 1340 g/mol. The number of carbonyl (C=O) groups excluding carboxylic acids is 1. The fraction of sp³-hybridized carbons (Fsp3) is 0.344. The molecule has 0 aliphatic carbocycles. The number of aliphatic hydroxyl groups is 4. The van der Waals surface area contributed by atoms with Gasteiger partial charge >= 0.3 is 5.97 Å². The minimum Gasteiger partial charge on any atom is -0.478 e. The lowest BCUT2D eigenvalue weighted by molar-refractivity contribution is -0.131. The van der Waals surface area contributed by atoms with Gasteiger partial charge in [0.1, 0.15) is 0 Å². The summed E-state index contributed by atoms with van der Waals surface area (Å²) in [6.45, 7) is 6.57. The monoisotopic (exact) mass is 1340 g/mol. The van der Waals surface area contributed by atoms with Crippen molar-refractivity contribution in [2.45, 2.75) is 63.1 Å². The number of nitrogens with zero attached hydrogens (tertiary/aromatic N) is 7. The van der Waals surface area contributed by atoms with Gasteiger partial charge in [-0.3, -0.25) is 19.4 Å². The van der Waals surface area contributed by atoms with Gasteiger partial charge < -0.3 is 61.7 Å². The number of hydrogen-bond acceptors (Lipinski definition) is 17. The Labute approximate surface area is 541 Å².